The van der Waals surface area contributed by atoms with Crippen LogP contribution in [0.5, 0.6) is 0 Å². The Hall–Kier alpha value is -2.29. The van der Waals surface area contributed by atoms with E-state index in [2.05, 4.69) is 19.1 Å². The lowest BCUT2D eigenvalue weighted by Gasteiger charge is -2.41. The summed E-state index contributed by atoms with van der Waals surface area (Å²) in [6.07, 6.45) is 16.4. The van der Waals surface area contributed by atoms with Crippen LogP contribution in [0.15, 0.2) is 54.6 Å². The van der Waals surface area contributed by atoms with Crippen LogP contribution >= 0.6 is 0 Å². The molecule has 2 aliphatic carbocycles. The van der Waals surface area contributed by atoms with Crippen molar-refractivity contribution in [2.24, 2.45) is 17.8 Å². The van der Waals surface area contributed by atoms with Gasteiger partial charge in [-0.3, -0.25) is 0 Å². The average Bonchev–Trinajstić information content (AvgIpc) is 2.80. The van der Waals surface area contributed by atoms with E-state index in [1.807, 2.05) is 25.1 Å². The van der Waals surface area contributed by atoms with Crippen LogP contribution in [0, 0.1) is 35.2 Å². The third-order valence-electron chi connectivity index (χ3n) is 7.83. The van der Waals surface area contributed by atoms with Crippen molar-refractivity contribution in [3.63, 3.8) is 0 Å². The van der Waals surface area contributed by atoms with E-state index in [1.54, 1.807) is 12.1 Å². The average molecular weight is 453 g/mol. The molecule has 2 saturated carbocycles. The highest BCUT2D eigenvalue weighted by atomic mass is 19.1. The predicted octanol–water partition coefficient (Wildman–Crippen LogP) is 9.16. The quantitative estimate of drug-likeness (QED) is 0.383. The Bertz CT molecular complexity index is 996. The molecule has 33 heavy (non-hydrogen) atoms. The molecule has 0 radical (unpaired) electrons. The largest absolute Gasteiger partial charge is 0.207 e. The van der Waals surface area contributed by atoms with Gasteiger partial charge in [-0.15, -0.1) is 0 Å². The Morgan fingerprint density at radius 2 is 1.55 bits per heavy atom. The molecule has 176 valence electrons. The van der Waals surface area contributed by atoms with E-state index >= 15 is 4.39 Å². The van der Waals surface area contributed by atoms with E-state index in [4.69, 9.17) is 0 Å². The molecule has 0 amide bonds. The predicted molar refractivity (Wildman–Crippen MR) is 131 cm³/mol. The minimum Gasteiger partial charge on any atom is -0.207 e. The first-order chi connectivity index (χ1) is 16.0. The van der Waals surface area contributed by atoms with Crippen LogP contribution in [0.1, 0.15) is 75.8 Å². The highest BCUT2D eigenvalue weighted by molar-refractivity contribution is 5.65. The number of hydrogen-bond acceptors (Lipinski definition) is 0. The fourth-order valence-corrected chi connectivity index (χ4v) is 6.09. The van der Waals surface area contributed by atoms with E-state index in [0.717, 1.165) is 36.2 Å². The first-order valence-electron chi connectivity index (χ1n) is 12.5. The minimum atomic E-state index is -0.607. The third kappa shape index (κ3) is 5.45. The van der Waals surface area contributed by atoms with Gasteiger partial charge >= 0.3 is 0 Å². The second-order valence-electron chi connectivity index (χ2n) is 9.89. The van der Waals surface area contributed by atoms with Crippen molar-refractivity contribution in [3.05, 3.63) is 83.2 Å². The van der Waals surface area contributed by atoms with Crippen molar-refractivity contribution in [1.29, 1.82) is 0 Å². The molecular formula is C30H35F3. The number of hydrogen-bond donors (Lipinski definition) is 0. The van der Waals surface area contributed by atoms with E-state index in [0.29, 0.717) is 18.8 Å². The van der Waals surface area contributed by atoms with Crippen molar-refractivity contribution in [3.8, 4) is 11.1 Å². The van der Waals surface area contributed by atoms with Gasteiger partial charge in [-0.25, -0.2) is 13.2 Å². The zero-order valence-corrected chi connectivity index (χ0v) is 19.8. The Balaban J connectivity index is 1.48. The standard InChI is InChI=1S/C30H35F3/c1-3-5-6-8-27-29(32)18-25(19-30(27)33)26-14-13-24(17-28(26)31)23-12-11-21-15-20(7-4-2)9-10-22(21)16-23/h3-5,7,13-14,17-23H,6,8-12,15-16H2,1-2H3/b5-3+,7-4+. The summed E-state index contributed by atoms with van der Waals surface area (Å²) in [6.45, 7) is 3.98. The molecule has 0 spiro atoms. The molecule has 2 aromatic rings. The van der Waals surface area contributed by atoms with Gasteiger partial charge in [-0.2, -0.15) is 0 Å². The number of fused-ring (bicyclic) bond motifs is 1. The Morgan fingerprint density at radius 3 is 2.24 bits per heavy atom. The van der Waals surface area contributed by atoms with Gasteiger partial charge in [0, 0.05) is 11.1 Å². The van der Waals surface area contributed by atoms with Crippen molar-refractivity contribution in [2.75, 3.05) is 0 Å². The molecule has 0 nitrogen and oxygen atoms in total. The van der Waals surface area contributed by atoms with Gasteiger partial charge in [0.05, 0.1) is 0 Å². The highest BCUT2D eigenvalue weighted by Crippen LogP contribution is 2.48. The Kier molecular flexibility index (Phi) is 7.78. The second kappa shape index (κ2) is 10.8. The molecule has 0 heterocycles. The van der Waals surface area contributed by atoms with Crippen molar-refractivity contribution in [1.82, 2.24) is 0 Å². The molecule has 4 rings (SSSR count). The molecule has 0 aliphatic heterocycles. The van der Waals surface area contributed by atoms with Crippen molar-refractivity contribution < 1.29 is 13.2 Å². The molecule has 0 saturated heterocycles. The summed E-state index contributed by atoms with van der Waals surface area (Å²) in [5, 5.41) is 0. The van der Waals surface area contributed by atoms with Gasteiger partial charge in [0.2, 0.25) is 0 Å². The van der Waals surface area contributed by atoms with Crippen molar-refractivity contribution >= 4 is 0 Å². The third-order valence-corrected chi connectivity index (χ3v) is 7.83. The van der Waals surface area contributed by atoms with E-state index < -0.39 is 17.5 Å². The minimum absolute atomic E-state index is 0.0646. The van der Waals surface area contributed by atoms with Gasteiger partial charge in [0.25, 0.3) is 0 Å². The number of halogens is 3. The van der Waals surface area contributed by atoms with E-state index in [-0.39, 0.29) is 16.7 Å². The lowest BCUT2D eigenvalue weighted by Crippen LogP contribution is -2.30. The van der Waals surface area contributed by atoms with Gasteiger partial charge < -0.3 is 0 Å². The lowest BCUT2D eigenvalue weighted by molar-refractivity contribution is 0.133. The molecule has 4 unspecified atom stereocenters. The van der Waals surface area contributed by atoms with Crippen LogP contribution in [-0.2, 0) is 6.42 Å². The van der Waals surface area contributed by atoms with Crippen LogP contribution in [0.2, 0.25) is 0 Å². The molecule has 0 bridgehead atoms. The fourth-order valence-electron chi connectivity index (χ4n) is 6.09. The SMILES string of the molecule is C/C=C/CCc1c(F)cc(-c2ccc(C3CCC4CC(/C=C/C)CCC4C3)cc2F)cc1F. The molecule has 2 aromatic carbocycles. The van der Waals surface area contributed by atoms with E-state index in [9.17, 15) is 8.78 Å². The number of allylic oxidation sites excluding steroid dienone is 4. The molecule has 2 aliphatic rings. The first-order valence-corrected chi connectivity index (χ1v) is 12.5. The topological polar surface area (TPSA) is 0 Å². The normalized spacial score (nSPS) is 25.6. The van der Waals surface area contributed by atoms with Crippen LogP contribution in [0.4, 0.5) is 13.2 Å². The second-order valence-corrected chi connectivity index (χ2v) is 9.89. The van der Waals surface area contributed by atoms with Crippen LogP contribution in [-0.4, -0.2) is 0 Å². The Labute approximate surface area is 196 Å². The first kappa shape index (κ1) is 23.9. The number of rotatable bonds is 6. The highest BCUT2D eigenvalue weighted by Gasteiger charge is 2.35. The van der Waals surface area contributed by atoms with E-state index in [1.165, 1.54) is 37.8 Å². The lowest BCUT2D eigenvalue weighted by atomic mass is 9.64. The maximum absolute atomic E-state index is 15.1. The summed E-state index contributed by atoms with van der Waals surface area (Å²) in [5.41, 5.74) is 1.61. The van der Waals surface area contributed by atoms with Crippen molar-refractivity contribution in [2.45, 2.75) is 71.1 Å². The van der Waals surface area contributed by atoms with Gasteiger partial charge in [0.15, 0.2) is 0 Å². The summed E-state index contributed by atoms with van der Waals surface area (Å²) >= 11 is 0. The molecule has 3 heteroatoms. The van der Waals surface area contributed by atoms with Gasteiger partial charge in [-0.1, -0.05) is 36.4 Å². The summed E-state index contributed by atoms with van der Waals surface area (Å²) in [7, 11) is 0. The molecule has 4 atom stereocenters. The summed E-state index contributed by atoms with van der Waals surface area (Å²) in [4.78, 5) is 0. The van der Waals surface area contributed by atoms with Crippen LogP contribution in [0.25, 0.3) is 11.1 Å². The summed E-state index contributed by atoms with van der Waals surface area (Å²) < 4.78 is 44.2. The monoisotopic (exact) mass is 452 g/mol. The zero-order valence-electron chi connectivity index (χ0n) is 19.8. The van der Waals surface area contributed by atoms with Crippen LogP contribution < -0.4 is 0 Å². The van der Waals surface area contributed by atoms with Gasteiger partial charge in [-0.05, 0) is 118 Å². The zero-order chi connectivity index (χ0) is 23.4. The molecular weight excluding hydrogens is 417 g/mol. The molecule has 2 fully saturated rings. The summed E-state index contributed by atoms with van der Waals surface area (Å²) in [5.74, 6) is 1.00. The molecule has 0 N–H and O–H groups in total. The maximum Gasteiger partial charge on any atom is 0.131 e. The Morgan fingerprint density at radius 1 is 0.818 bits per heavy atom. The smallest absolute Gasteiger partial charge is 0.131 e. The maximum atomic E-state index is 15.1. The fraction of sp³-hybridized carbons (Fsp3) is 0.467. The van der Waals surface area contributed by atoms with Gasteiger partial charge in [0.1, 0.15) is 17.5 Å². The molecule has 0 aromatic heterocycles. The van der Waals surface area contributed by atoms with Crippen LogP contribution in [0.3, 0.4) is 0 Å². The summed E-state index contributed by atoms with van der Waals surface area (Å²) in [6, 6.07) is 7.79. The number of benzene rings is 2.